The fraction of sp³-hybridized carbons (Fsp3) is 0.444. The molecule has 0 radical (unpaired) electrons. The third-order valence-electron chi connectivity index (χ3n) is 5.31. The molecular formula is C27H32BrN5O6. The van der Waals surface area contributed by atoms with Crippen LogP contribution in [0.1, 0.15) is 47.1 Å². The summed E-state index contributed by atoms with van der Waals surface area (Å²) in [6.07, 6.45) is -0.570. The standard InChI is InChI=1S/C27H32BrN5O6/c1-26(2,3)37-24(34)33(25(35)38-27(4,5)6)23-22(31-21(28)13-30-23)20-11-19(32-39-20)17-9-7-16(8-10-17)12-29-18-14-36-15-18/h7-11,13,18,29H,12,14-15H2,1-6H3. The third-order valence-corrected chi connectivity index (χ3v) is 5.70. The first-order valence-corrected chi connectivity index (χ1v) is 13.2. The Balaban J connectivity index is 1.65. The molecule has 3 aromatic rings. The number of aromatic nitrogens is 3. The van der Waals surface area contributed by atoms with E-state index in [2.05, 4.69) is 36.4 Å². The number of hydrogen-bond donors (Lipinski definition) is 1. The Morgan fingerprint density at radius 2 is 1.67 bits per heavy atom. The van der Waals surface area contributed by atoms with Crippen LogP contribution in [0, 0.1) is 0 Å². The van der Waals surface area contributed by atoms with Crippen molar-refractivity contribution < 1.29 is 28.3 Å². The second-order valence-corrected chi connectivity index (χ2v) is 11.9. The normalized spacial score (nSPS) is 14.0. The summed E-state index contributed by atoms with van der Waals surface area (Å²) in [5, 5.41) is 7.62. The van der Waals surface area contributed by atoms with Crippen LogP contribution in [0.25, 0.3) is 22.7 Å². The fourth-order valence-electron chi connectivity index (χ4n) is 3.48. The number of benzene rings is 1. The van der Waals surface area contributed by atoms with Gasteiger partial charge in [0.2, 0.25) is 0 Å². The molecular weight excluding hydrogens is 570 g/mol. The maximum Gasteiger partial charge on any atom is 0.425 e. The van der Waals surface area contributed by atoms with Gasteiger partial charge in [0, 0.05) is 18.2 Å². The SMILES string of the molecule is CC(C)(C)OC(=O)N(C(=O)OC(C)(C)C)c1ncc(Br)nc1-c1cc(-c2ccc(CNC3COC3)cc2)no1. The van der Waals surface area contributed by atoms with E-state index in [-0.39, 0.29) is 17.3 Å². The molecule has 1 fully saturated rings. The van der Waals surface area contributed by atoms with Gasteiger partial charge in [-0.15, -0.1) is 0 Å². The van der Waals surface area contributed by atoms with Crippen LogP contribution in [0.3, 0.4) is 0 Å². The zero-order valence-electron chi connectivity index (χ0n) is 22.8. The molecule has 1 aliphatic heterocycles. The predicted octanol–water partition coefficient (Wildman–Crippen LogP) is 5.73. The van der Waals surface area contributed by atoms with Crippen molar-refractivity contribution in [2.45, 2.75) is 65.3 Å². The molecule has 0 atom stereocenters. The Morgan fingerprint density at radius 1 is 1.05 bits per heavy atom. The highest BCUT2D eigenvalue weighted by Crippen LogP contribution is 2.33. The van der Waals surface area contributed by atoms with E-state index in [1.165, 1.54) is 6.20 Å². The summed E-state index contributed by atoms with van der Waals surface area (Å²) in [6.45, 7) is 12.4. The summed E-state index contributed by atoms with van der Waals surface area (Å²) in [5.41, 5.74) is 0.829. The molecule has 1 saturated heterocycles. The smallest absolute Gasteiger partial charge is 0.425 e. The number of amides is 2. The van der Waals surface area contributed by atoms with Gasteiger partial charge in [-0.2, -0.15) is 4.90 Å². The van der Waals surface area contributed by atoms with Gasteiger partial charge < -0.3 is 24.1 Å². The first-order valence-electron chi connectivity index (χ1n) is 12.5. The molecule has 0 aliphatic carbocycles. The Kier molecular flexibility index (Phi) is 8.38. The summed E-state index contributed by atoms with van der Waals surface area (Å²) < 4.78 is 22.1. The molecule has 11 nitrogen and oxygen atoms in total. The topological polar surface area (TPSA) is 129 Å². The molecule has 2 amide bonds. The van der Waals surface area contributed by atoms with Crippen LogP contribution in [0.5, 0.6) is 0 Å². The lowest BCUT2D eigenvalue weighted by Crippen LogP contribution is -2.45. The highest BCUT2D eigenvalue weighted by atomic mass is 79.9. The van der Waals surface area contributed by atoms with Crippen molar-refractivity contribution in [1.82, 2.24) is 20.4 Å². The largest absolute Gasteiger partial charge is 0.443 e. The third kappa shape index (κ3) is 7.61. The second kappa shape index (κ2) is 11.4. The van der Waals surface area contributed by atoms with Crippen LogP contribution in [0.2, 0.25) is 0 Å². The Hall–Kier alpha value is -3.35. The van der Waals surface area contributed by atoms with E-state index in [4.69, 9.17) is 18.7 Å². The summed E-state index contributed by atoms with van der Waals surface area (Å²) >= 11 is 3.31. The van der Waals surface area contributed by atoms with Gasteiger partial charge in [0.25, 0.3) is 0 Å². The van der Waals surface area contributed by atoms with Gasteiger partial charge in [0.15, 0.2) is 17.3 Å². The molecule has 208 valence electrons. The number of carbonyl (C=O) groups excluding carboxylic acids is 2. The minimum Gasteiger partial charge on any atom is -0.443 e. The number of ether oxygens (including phenoxy) is 3. The fourth-order valence-corrected chi connectivity index (χ4v) is 3.76. The molecule has 0 spiro atoms. The number of nitrogens with zero attached hydrogens (tertiary/aromatic N) is 4. The molecule has 0 bridgehead atoms. The minimum atomic E-state index is -0.966. The number of imide groups is 1. The van der Waals surface area contributed by atoms with Crippen molar-refractivity contribution in [3.05, 3.63) is 46.7 Å². The molecule has 1 N–H and O–H groups in total. The van der Waals surface area contributed by atoms with E-state index >= 15 is 0 Å². The summed E-state index contributed by atoms with van der Waals surface area (Å²) in [5.74, 6) is 0.0763. The van der Waals surface area contributed by atoms with Gasteiger partial charge in [-0.05, 0) is 63.0 Å². The Morgan fingerprint density at radius 3 is 2.21 bits per heavy atom. The van der Waals surface area contributed by atoms with Crippen LogP contribution in [-0.2, 0) is 20.8 Å². The van der Waals surface area contributed by atoms with Gasteiger partial charge in [0.1, 0.15) is 21.5 Å². The van der Waals surface area contributed by atoms with Crippen LogP contribution in [0.15, 0.2) is 45.7 Å². The molecule has 39 heavy (non-hydrogen) atoms. The van der Waals surface area contributed by atoms with E-state index in [1.54, 1.807) is 47.6 Å². The lowest BCUT2D eigenvalue weighted by atomic mass is 10.1. The van der Waals surface area contributed by atoms with E-state index in [0.29, 0.717) is 21.2 Å². The van der Waals surface area contributed by atoms with Crippen molar-refractivity contribution >= 4 is 33.9 Å². The molecule has 1 aliphatic rings. The first-order chi connectivity index (χ1) is 18.3. The highest BCUT2D eigenvalue weighted by Gasteiger charge is 2.36. The number of nitrogens with one attached hydrogen (secondary N) is 1. The zero-order chi connectivity index (χ0) is 28.4. The van der Waals surface area contributed by atoms with E-state index in [0.717, 1.165) is 30.9 Å². The average Bonchev–Trinajstić information content (AvgIpc) is 3.27. The monoisotopic (exact) mass is 601 g/mol. The van der Waals surface area contributed by atoms with Crippen molar-refractivity contribution in [2.24, 2.45) is 0 Å². The van der Waals surface area contributed by atoms with Gasteiger partial charge in [-0.25, -0.2) is 19.6 Å². The van der Waals surface area contributed by atoms with Gasteiger partial charge in [-0.1, -0.05) is 29.4 Å². The number of carbonyl (C=O) groups is 2. The summed E-state index contributed by atoms with van der Waals surface area (Å²) in [7, 11) is 0. The van der Waals surface area contributed by atoms with Crippen LogP contribution in [-0.4, -0.2) is 57.8 Å². The van der Waals surface area contributed by atoms with Crippen LogP contribution < -0.4 is 10.2 Å². The Bertz CT molecular complexity index is 1300. The van der Waals surface area contributed by atoms with Crippen LogP contribution in [0.4, 0.5) is 15.4 Å². The van der Waals surface area contributed by atoms with E-state index < -0.39 is 23.4 Å². The van der Waals surface area contributed by atoms with Crippen molar-refractivity contribution in [3.63, 3.8) is 0 Å². The molecule has 4 rings (SSSR count). The lowest BCUT2D eigenvalue weighted by Gasteiger charge is -2.28. The number of anilines is 1. The molecule has 2 aromatic heterocycles. The average molecular weight is 602 g/mol. The maximum atomic E-state index is 13.2. The van der Waals surface area contributed by atoms with Gasteiger partial charge in [-0.3, -0.25) is 0 Å². The number of hydrogen-bond acceptors (Lipinski definition) is 10. The quantitative estimate of drug-likeness (QED) is 0.374. The second-order valence-electron chi connectivity index (χ2n) is 11.0. The van der Waals surface area contributed by atoms with E-state index in [9.17, 15) is 9.59 Å². The number of rotatable bonds is 6. The van der Waals surface area contributed by atoms with E-state index in [1.807, 2.05) is 24.3 Å². The molecule has 12 heteroatoms. The molecule has 0 saturated carbocycles. The number of halogens is 1. The first kappa shape index (κ1) is 28.7. The molecule has 0 unspecified atom stereocenters. The zero-order valence-corrected chi connectivity index (χ0v) is 24.4. The predicted molar refractivity (Wildman–Crippen MR) is 147 cm³/mol. The molecule has 1 aromatic carbocycles. The van der Waals surface area contributed by atoms with Crippen molar-refractivity contribution in [3.8, 4) is 22.7 Å². The highest BCUT2D eigenvalue weighted by molar-refractivity contribution is 9.10. The Labute approximate surface area is 235 Å². The molecule has 3 heterocycles. The minimum absolute atomic E-state index is 0.100. The maximum absolute atomic E-state index is 13.2. The van der Waals surface area contributed by atoms with Crippen LogP contribution >= 0.6 is 15.9 Å². The van der Waals surface area contributed by atoms with Gasteiger partial charge >= 0.3 is 12.2 Å². The van der Waals surface area contributed by atoms with Crippen molar-refractivity contribution in [2.75, 3.05) is 18.1 Å². The lowest BCUT2D eigenvalue weighted by molar-refractivity contribution is -0.00578. The summed E-state index contributed by atoms with van der Waals surface area (Å²) in [6, 6.07) is 9.96. The summed E-state index contributed by atoms with van der Waals surface area (Å²) in [4.78, 5) is 35.9. The van der Waals surface area contributed by atoms with Gasteiger partial charge in [0.05, 0.1) is 25.5 Å². The van der Waals surface area contributed by atoms with Crippen molar-refractivity contribution in [1.29, 1.82) is 0 Å².